The summed E-state index contributed by atoms with van der Waals surface area (Å²) in [6, 6.07) is 14.1. The van der Waals surface area contributed by atoms with Crippen LogP contribution in [0.5, 0.6) is 0 Å². The molecule has 10 heteroatoms. The third-order valence-electron chi connectivity index (χ3n) is 9.54. The number of rotatable bonds is 12. The first-order valence-corrected chi connectivity index (χ1v) is 14.9. The Morgan fingerprint density at radius 1 is 1.12 bits per heavy atom. The Balaban J connectivity index is 1.63. The average Bonchev–Trinajstić information content (AvgIpc) is 3.81. The van der Waals surface area contributed by atoms with Gasteiger partial charge in [-0.3, -0.25) is 4.79 Å². The lowest BCUT2D eigenvalue weighted by atomic mass is 9.59. The van der Waals surface area contributed by atoms with Crippen LogP contribution in [-0.4, -0.2) is 40.8 Å². The smallest absolute Gasteiger partial charge is 0.248 e. The second kappa shape index (κ2) is 11.7. The maximum Gasteiger partial charge on any atom is 0.248 e. The molecule has 0 aliphatic heterocycles. The number of nitrogens with zero attached hydrogens (tertiary/aromatic N) is 4. The summed E-state index contributed by atoms with van der Waals surface area (Å²) < 4.78 is 0. The molecule has 0 saturated heterocycles. The molecule has 2 atom stereocenters. The van der Waals surface area contributed by atoms with Crippen molar-refractivity contribution in [2.45, 2.75) is 81.3 Å². The zero-order chi connectivity index (χ0) is 30.9. The van der Waals surface area contributed by atoms with E-state index in [1.54, 1.807) is 6.07 Å². The van der Waals surface area contributed by atoms with Crippen molar-refractivity contribution in [1.82, 2.24) is 10.2 Å². The molecule has 3 aliphatic rings. The highest BCUT2D eigenvalue weighted by molar-refractivity contribution is 5.98. The van der Waals surface area contributed by atoms with Crippen LogP contribution in [0.25, 0.3) is 5.70 Å². The van der Waals surface area contributed by atoms with Crippen LogP contribution in [-0.2, 0) is 18.3 Å². The van der Waals surface area contributed by atoms with Gasteiger partial charge in [0.25, 0.3) is 0 Å². The number of hydrogen-bond donors (Lipinski definition) is 5. The molecule has 43 heavy (non-hydrogen) atoms. The average molecular weight is 580 g/mol. The highest BCUT2D eigenvalue weighted by atomic mass is 16.1. The van der Waals surface area contributed by atoms with Crippen molar-refractivity contribution in [2.75, 3.05) is 6.54 Å². The van der Waals surface area contributed by atoms with Crippen molar-refractivity contribution < 1.29 is 4.79 Å². The lowest BCUT2D eigenvalue weighted by molar-refractivity contribution is 0.1000. The normalized spacial score (nSPS) is 21.2. The first-order chi connectivity index (χ1) is 20.5. The maximum absolute atomic E-state index is 12.2. The monoisotopic (exact) mass is 579 g/mol. The number of amides is 1. The minimum atomic E-state index is -0.957. The Bertz CT molecular complexity index is 1480. The van der Waals surface area contributed by atoms with Crippen molar-refractivity contribution in [3.63, 3.8) is 0 Å². The number of hydrogen-bond acceptors (Lipinski definition) is 7. The van der Waals surface area contributed by atoms with E-state index in [-0.39, 0.29) is 17.4 Å². The van der Waals surface area contributed by atoms with E-state index in [1.165, 1.54) is 0 Å². The second-order valence-corrected chi connectivity index (χ2v) is 12.3. The molecule has 224 valence electrons. The van der Waals surface area contributed by atoms with Crippen LogP contribution in [0.2, 0.25) is 0 Å². The van der Waals surface area contributed by atoms with Crippen molar-refractivity contribution in [3.8, 4) is 6.07 Å². The molecule has 10 nitrogen and oxygen atoms in total. The molecular weight excluding hydrogens is 538 g/mol. The van der Waals surface area contributed by atoms with Gasteiger partial charge >= 0.3 is 0 Å². The van der Waals surface area contributed by atoms with Gasteiger partial charge in [0.1, 0.15) is 11.9 Å². The standard InChI is InChI=1S/C33H41N9O/c1-20(17-34)42(27-9-10-27)21(2)18-39-32(13-4-14-32)19-33(31(37)40-41-38)28-11-7-23(22(3)35)15-24(28)5-6-25-16-26(30(36)43)8-12-29(25)33/h7-8,11-12,15-16,20,27,39H,2-6,9-10,13-14,18-19,35H2,1H3,(H2,36,43)(H3,37,38,40). The Morgan fingerprint density at radius 2 is 1.72 bits per heavy atom. The molecular formula is C33H41N9O. The molecule has 0 spiro atoms. The number of primary amides is 1. The highest BCUT2D eigenvalue weighted by Gasteiger charge is 2.51. The van der Waals surface area contributed by atoms with Gasteiger partial charge in [-0.25, -0.2) is 0 Å². The van der Waals surface area contributed by atoms with E-state index in [0.717, 1.165) is 65.6 Å². The zero-order valence-corrected chi connectivity index (χ0v) is 24.8. The SMILES string of the molecule is C=C(N)c1ccc2c(c1)CCc1cc(C(N)=O)ccc1C2(CC1(NCC(=C)N(C(C)C#N)C2CC2)CCC1)/C(N)=N/N=N. The molecule has 2 aromatic rings. The molecule has 3 aliphatic carbocycles. The van der Waals surface area contributed by atoms with Gasteiger partial charge in [-0.1, -0.05) is 36.6 Å². The minimum absolute atomic E-state index is 0.211. The minimum Gasteiger partial charge on any atom is -0.399 e. The molecule has 2 unspecified atom stereocenters. The molecule has 8 N–H and O–H groups in total. The van der Waals surface area contributed by atoms with E-state index >= 15 is 0 Å². The van der Waals surface area contributed by atoms with E-state index in [0.29, 0.717) is 43.1 Å². The fraction of sp³-hybridized carbons (Fsp3) is 0.424. The molecule has 0 bridgehead atoms. The topological polar surface area (TPSA) is 183 Å². The van der Waals surface area contributed by atoms with Crippen LogP contribution in [0.15, 0.2) is 65.6 Å². The van der Waals surface area contributed by atoms with Gasteiger partial charge in [-0.05, 0) is 104 Å². The first-order valence-electron chi connectivity index (χ1n) is 14.9. The largest absolute Gasteiger partial charge is 0.399 e. The van der Waals surface area contributed by atoms with E-state index in [2.05, 4.69) is 45.8 Å². The second-order valence-electron chi connectivity index (χ2n) is 12.3. The number of nitriles is 1. The third-order valence-corrected chi connectivity index (χ3v) is 9.54. The number of nitrogens with one attached hydrogen (secondary N) is 2. The third kappa shape index (κ3) is 5.53. The number of amidine groups is 1. The van der Waals surface area contributed by atoms with Gasteiger partial charge in [-0.15, -0.1) is 5.10 Å². The van der Waals surface area contributed by atoms with Crippen LogP contribution >= 0.6 is 0 Å². The summed E-state index contributed by atoms with van der Waals surface area (Å²) >= 11 is 0. The molecule has 2 aromatic carbocycles. The number of carbonyl (C=O) groups is 1. The lowest BCUT2D eigenvalue weighted by Crippen LogP contribution is -2.59. The van der Waals surface area contributed by atoms with E-state index in [1.807, 2.05) is 31.2 Å². The Morgan fingerprint density at radius 3 is 2.21 bits per heavy atom. The van der Waals surface area contributed by atoms with Crippen molar-refractivity contribution in [1.29, 1.82) is 10.8 Å². The summed E-state index contributed by atoms with van der Waals surface area (Å²) in [7, 11) is 0. The number of carbonyl (C=O) groups excluding carboxylic acids is 1. The molecule has 0 heterocycles. The quantitative estimate of drug-likeness (QED) is 0.109. The Kier molecular flexibility index (Phi) is 8.12. The maximum atomic E-state index is 12.2. The van der Waals surface area contributed by atoms with Crippen LogP contribution in [0.4, 0.5) is 0 Å². The molecule has 0 aromatic heterocycles. The van der Waals surface area contributed by atoms with Crippen LogP contribution in [0, 0.1) is 16.9 Å². The fourth-order valence-electron chi connectivity index (χ4n) is 7.07. The van der Waals surface area contributed by atoms with Gasteiger partial charge in [-0.2, -0.15) is 10.8 Å². The fourth-order valence-corrected chi connectivity index (χ4v) is 7.07. The molecule has 2 fully saturated rings. The number of benzene rings is 2. The zero-order valence-electron chi connectivity index (χ0n) is 24.8. The van der Waals surface area contributed by atoms with Gasteiger partial charge < -0.3 is 27.4 Å². The molecule has 0 radical (unpaired) electrons. The number of fused-ring (bicyclic) bond motifs is 2. The highest BCUT2D eigenvalue weighted by Crippen LogP contribution is 2.50. The van der Waals surface area contributed by atoms with E-state index < -0.39 is 11.3 Å². The van der Waals surface area contributed by atoms with Crippen molar-refractivity contribution in [2.24, 2.45) is 27.5 Å². The Hall–Kier alpha value is -4.49. The van der Waals surface area contributed by atoms with E-state index in [4.69, 9.17) is 22.7 Å². The van der Waals surface area contributed by atoms with Gasteiger partial charge in [0.05, 0.1) is 11.5 Å². The van der Waals surface area contributed by atoms with E-state index in [9.17, 15) is 10.1 Å². The van der Waals surface area contributed by atoms with Crippen molar-refractivity contribution in [3.05, 3.63) is 88.6 Å². The predicted octanol–water partition coefficient (Wildman–Crippen LogP) is 4.20. The summed E-state index contributed by atoms with van der Waals surface area (Å²) in [4.78, 5) is 14.3. The van der Waals surface area contributed by atoms with Crippen LogP contribution < -0.4 is 22.5 Å². The first kappa shape index (κ1) is 30.0. The number of nitrogens with two attached hydrogens (primary N) is 3. The summed E-state index contributed by atoms with van der Waals surface area (Å²) in [6.07, 6.45) is 6.88. The van der Waals surface area contributed by atoms with Gasteiger partial charge in [0.2, 0.25) is 5.91 Å². The summed E-state index contributed by atoms with van der Waals surface area (Å²) in [5.41, 5.74) is 31.5. The molecule has 5 rings (SSSR count). The van der Waals surface area contributed by atoms with Crippen molar-refractivity contribution >= 4 is 17.4 Å². The summed E-state index contributed by atoms with van der Waals surface area (Å²) in [5.74, 6) is -0.287. The number of aryl methyl sites for hydroxylation is 2. The lowest BCUT2D eigenvalue weighted by Gasteiger charge is -2.50. The molecule has 1 amide bonds. The van der Waals surface area contributed by atoms with Gasteiger partial charge in [0.15, 0.2) is 0 Å². The van der Waals surface area contributed by atoms with Crippen LogP contribution in [0.1, 0.15) is 83.6 Å². The predicted molar refractivity (Wildman–Crippen MR) is 168 cm³/mol. The molecule has 2 saturated carbocycles. The summed E-state index contributed by atoms with van der Waals surface area (Å²) in [6.45, 7) is 10.8. The summed E-state index contributed by atoms with van der Waals surface area (Å²) in [5, 5.41) is 21.0. The van der Waals surface area contributed by atoms with Crippen LogP contribution in [0.3, 0.4) is 0 Å². The van der Waals surface area contributed by atoms with Gasteiger partial charge in [0, 0.05) is 35.1 Å². The Labute approximate surface area is 253 Å².